The Morgan fingerprint density at radius 1 is 0.523 bits per heavy atom. The minimum Gasteiger partial charge on any atom is -0.775 e. The second-order valence-electron chi connectivity index (χ2n) is 8.78. The number of benzene rings is 4. The first kappa shape index (κ1) is 38.0. The summed E-state index contributed by atoms with van der Waals surface area (Å²) in [5.74, 6) is -0.854. The van der Waals surface area contributed by atoms with E-state index in [1.807, 2.05) is 0 Å². The van der Waals surface area contributed by atoms with Gasteiger partial charge in [0.1, 0.15) is 0 Å². The third-order valence-electron chi connectivity index (χ3n) is 5.71. The summed E-state index contributed by atoms with van der Waals surface area (Å²) in [6.07, 6.45) is 0. The molecule has 0 fully saturated rings. The first-order valence-corrected chi connectivity index (χ1v) is 15.5. The fraction of sp³-hybridized carbons (Fsp3) is 0. The second kappa shape index (κ2) is 16.4. The molecule has 2 unspecified atom stereocenters. The molecule has 44 heavy (non-hydrogen) atoms. The predicted octanol–water partition coefficient (Wildman–Crippen LogP) is -3.65. The fourth-order valence-electron chi connectivity index (χ4n) is 3.58. The fourth-order valence-corrected chi connectivity index (χ4v) is 4.86. The number of anilines is 4. The normalized spacial score (nSPS) is 13.0. The predicted molar refractivity (Wildman–Crippen MR) is 160 cm³/mol. The van der Waals surface area contributed by atoms with E-state index in [1.54, 1.807) is 48.5 Å². The summed E-state index contributed by atoms with van der Waals surface area (Å²) in [7, 11) is -9.23. The van der Waals surface area contributed by atoms with E-state index in [0.29, 0.717) is 33.9 Å². The molecular formula is C27H22N4Na2O8P2S. The van der Waals surface area contributed by atoms with Crippen molar-refractivity contribution in [1.82, 2.24) is 0 Å². The van der Waals surface area contributed by atoms with Crippen LogP contribution in [0.4, 0.5) is 22.7 Å². The Kier molecular flexibility index (Phi) is 14.2. The third-order valence-corrected chi connectivity index (χ3v) is 7.82. The van der Waals surface area contributed by atoms with Gasteiger partial charge in [-0.25, -0.2) is 0 Å². The quantitative estimate of drug-likeness (QED) is 0.0613. The summed E-state index contributed by atoms with van der Waals surface area (Å²) in [6, 6.07) is 23.0. The average molecular weight is 670 g/mol. The number of amides is 2. The van der Waals surface area contributed by atoms with Crippen molar-refractivity contribution in [2.75, 3.05) is 21.3 Å². The standard InChI is InChI=1S/C27H24N4O8P2S.2Na/c32-25(28-19-9-13-23(14-10-19)40(34,35)36)17-1-5-21(6-2-17)30-27(42)31-22-7-3-18(4-8-22)26(33)29-20-11-15-24(16-12-20)41(37,38)39;;/h1-16H,(H,28,32)(H,29,33)(H2,30,31,42)(H2,34,35,36)(H2,37,38,39);;/q;2*+1/p-2. The minimum atomic E-state index is -4.62. The molecule has 0 aliphatic carbocycles. The van der Waals surface area contributed by atoms with Gasteiger partial charge < -0.3 is 50.0 Å². The van der Waals surface area contributed by atoms with Gasteiger partial charge in [-0.15, -0.1) is 0 Å². The Bertz CT molecular complexity index is 1590. The second-order valence-corrected chi connectivity index (χ2v) is 12.3. The van der Waals surface area contributed by atoms with Crippen molar-refractivity contribution in [2.24, 2.45) is 0 Å². The number of thiocarbonyl (C=S) groups is 1. The van der Waals surface area contributed by atoms with Crippen LogP contribution in [0.25, 0.3) is 0 Å². The number of nitrogens with one attached hydrogen (secondary N) is 4. The van der Waals surface area contributed by atoms with Gasteiger partial charge in [-0.1, -0.05) is 0 Å². The molecule has 2 amide bonds. The Labute approximate surface area is 302 Å². The Morgan fingerprint density at radius 3 is 1.05 bits per heavy atom. The Balaban J connectivity index is 0.00000337. The SMILES string of the molecule is O=C(Nc1ccc(P(=O)([O-])O)cc1)c1ccc(NC(=S)Nc2ccc(C(=O)Nc3ccc(P(=O)([O-])O)cc3)cc2)cc1.[Na+].[Na+]. The van der Waals surface area contributed by atoms with Crippen molar-refractivity contribution in [2.45, 2.75) is 0 Å². The van der Waals surface area contributed by atoms with Gasteiger partial charge in [0.15, 0.2) is 20.3 Å². The molecule has 4 aromatic rings. The van der Waals surface area contributed by atoms with Crippen LogP contribution in [0.1, 0.15) is 20.7 Å². The summed E-state index contributed by atoms with van der Waals surface area (Å²) in [4.78, 5) is 65.5. The summed E-state index contributed by atoms with van der Waals surface area (Å²) in [5.41, 5.74) is 2.57. The number of hydrogen-bond acceptors (Lipinski definition) is 7. The zero-order valence-electron chi connectivity index (χ0n) is 23.4. The molecule has 0 bridgehead atoms. The van der Waals surface area contributed by atoms with E-state index >= 15 is 0 Å². The van der Waals surface area contributed by atoms with E-state index in [2.05, 4.69) is 21.3 Å². The Morgan fingerprint density at radius 2 is 0.773 bits per heavy atom. The van der Waals surface area contributed by atoms with Gasteiger partial charge in [-0.3, -0.25) is 9.59 Å². The topological polar surface area (TPSA) is 203 Å². The molecule has 17 heteroatoms. The first-order chi connectivity index (χ1) is 19.8. The molecule has 0 aromatic heterocycles. The molecule has 0 spiro atoms. The van der Waals surface area contributed by atoms with Gasteiger partial charge in [0, 0.05) is 44.5 Å². The van der Waals surface area contributed by atoms with E-state index in [-0.39, 0.29) is 74.8 Å². The van der Waals surface area contributed by atoms with Crippen molar-refractivity contribution >= 4 is 77.7 Å². The van der Waals surface area contributed by atoms with Gasteiger partial charge in [0.25, 0.3) is 11.8 Å². The number of hydrogen-bond donors (Lipinski definition) is 6. The number of carbonyl (C=O) groups is 2. The van der Waals surface area contributed by atoms with Crippen LogP contribution < -0.4 is 101 Å². The maximum absolute atomic E-state index is 12.5. The third kappa shape index (κ3) is 11.0. The van der Waals surface area contributed by atoms with Crippen LogP contribution in [0, 0.1) is 0 Å². The molecule has 4 aromatic carbocycles. The van der Waals surface area contributed by atoms with E-state index < -0.39 is 27.0 Å². The number of rotatable bonds is 8. The van der Waals surface area contributed by atoms with Crippen LogP contribution in [-0.2, 0) is 9.13 Å². The van der Waals surface area contributed by atoms with Crippen molar-refractivity contribution in [3.05, 3.63) is 108 Å². The monoisotopic (exact) mass is 670 g/mol. The number of carbonyl (C=O) groups excluding carboxylic acids is 2. The molecule has 4 rings (SSSR count). The molecule has 2 atom stereocenters. The van der Waals surface area contributed by atoms with Gasteiger partial charge in [0.2, 0.25) is 0 Å². The van der Waals surface area contributed by atoms with Crippen LogP contribution in [0.2, 0.25) is 0 Å². The van der Waals surface area contributed by atoms with E-state index in [0.717, 1.165) is 0 Å². The van der Waals surface area contributed by atoms with Gasteiger partial charge >= 0.3 is 59.1 Å². The van der Waals surface area contributed by atoms with Crippen LogP contribution in [-0.4, -0.2) is 26.7 Å². The zero-order chi connectivity index (χ0) is 30.5. The first-order valence-electron chi connectivity index (χ1n) is 12.0. The smallest absolute Gasteiger partial charge is 0.775 e. The van der Waals surface area contributed by atoms with E-state index in [9.17, 15) is 28.5 Å². The molecule has 0 saturated carbocycles. The maximum Gasteiger partial charge on any atom is 1.00 e. The molecule has 12 nitrogen and oxygen atoms in total. The Hall–Kier alpha value is -2.19. The van der Waals surface area contributed by atoms with E-state index in [4.69, 9.17) is 22.0 Å². The molecule has 0 aliphatic heterocycles. The van der Waals surface area contributed by atoms with Crippen molar-refractivity contribution in [3.8, 4) is 0 Å². The summed E-state index contributed by atoms with van der Waals surface area (Å²) < 4.78 is 22.3. The summed E-state index contributed by atoms with van der Waals surface area (Å²) in [5, 5.41) is 11.0. The van der Waals surface area contributed by atoms with Crippen LogP contribution in [0.3, 0.4) is 0 Å². The molecule has 0 heterocycles. The van der Waals surface area contributed by atoms with Crippen molar-refractivity contribution < 1.29 is 97.4 Å². The average Bonchev–Trinajstić information content (AvgIpc) is 2.93. The molecule has 0 radical (unpaired) electrons. The van der Waals surface area contributed by atoms with Crippen LogP contribution in [0.15, 0.2) is 97.1 Å². The summed E-state index contributed by atoms with van der Waals surface area (Å²) >= 11 is 5.33. The molecule has 0 saturated heterocycles. The summed E-state index contributed by atoms with van der Waals surface area (Å²) in [6.45, 7) is 0. The zero-order valence-corrected chi connectivity index (χ0v) is 30.0. The van der Waals surface area contributed by atoms with Gasteiger partial charge in [-0.2, -0.15) is 0 Å². The minimum absolute atomic E-state index is 0. The largest absolute Gasteiger partial charge is 1.00 e. The molecular weight excluding hydrogens is 648 g/mol. The molecule has 216 valence electrons. The van der Waals surface area contributed by atoms with Crippen LogP contribution >= 0.6 is 27.4 Å². The van der Waals surface area contributed by atoms with Crippen LogP contribution in [0.5, 0.6) is 0 Å². The van der Waals surface area contributed by atoms with Gasteiger partial charge in [0.05, 0.1) is 0 Å². The maximum atomic E-state index is 12.5. The molecule has 6 N–H and O–H groups in total. The molecule has 0 aliphatic rings. The van der Waals surface area contributed by atoms with Crippen molar-refractivity contribution in [3.63, 3.8) is 0 Å². The van der Waals surface area contributed by atoms with Gasteiger partial charge in [-0.05, 0) is 109 Å². The van der Waals surface area contributed by atoms with E-state index in [1.165, 1.54) is 48.5 Å². The van der Waals surface area contributed by atoms with Crippen molar-refractivity contribution in [1.29, 1.82) is 0 Å².